The first-order valence-electron chi connectivity index (χ1n) is 7.99. The number of oxazole rings is 1. The van der Waals surface area contributed by atoms with Crippen LogP contribution in [-0.4, -0.2) is 36.6 Å². The number of primary sulfonamides is 1. The monoisotopic (exact) mass is 405 g/mol. The first-order chi connectivity index (χ1) is 13.1. The second-order valence-corrected chi connectivity index (χ2v) is 7.52. The Labute approximate surface area is 160 Å². The van der Waals surface area contributed by atoms with Gasteiger partial charge in [0.1, 0.15) is 17.9 Å². The molecular formula is C18H16FN3O5S. The number of likely N-dealkylation sites (N-methyl/N-ethyl adjacent to an activating group) is 1. The predicted molar refractivity (Wildman–Crippen MR) is 97.0 cm³/mol. The van der Waals surface area contributed by atoms with Gasteiger partial charge in [0, 0.05) is 18.2 Å². The van der Waals surface area contributed by atoms with Crippen LogP contribution in [0.25, 0.3) is 22.6 Å². The number of rotatable bonds is 5. The first-order valence-corrected chi connectivity index (χ1v) is 9.54. The van der Waals surface area contributed by atoms with Gasteiger partial charge in [-0.3, -0.25) is 10.0 Å². The zero-order valence-corrected chi connectivity index (χ0v) is 15.5. The standard InChI is InChI=1S/C18H16FN3O5S/c1-22(24)16(23)10-15-21-17(11-2-6-13(19)7-3-11)18(27-15)12-4-8-14(9-5-12)28(20,25)26/h2-9,24H,10H2,1H3,(H2,20,25,26). The van der Waals surface area contributed by atoms with Crippen LogP contribution < -0.4 is 5.14 Å². The summed E-state index contributed by atoms with van der Waals surface area (Å²) in [6.45, 7) is 0. The fourth-order valence-corrected chi connectivity index (χ4v) is 2.99. The van der Waals surface area contributed by atoms with Gasteiger partial charge in [-0.1, -0.05) is 0 Å². The quantitative estimate of drug-likeness (QED) is 0.495. The van der Waals surface area contributed by atoms with Crippen molar-refractivity contribution in [3.63, 3.8) is 0 Å². The summed E-state index contributed by atoms with van der Waals surface area (Å²) in [5, 5.41) is 14.8. The van der Waals surface area contributed by atoms with E-state index in [0.717, 1.165) is 0 Å². The molecule has 0 aliphatic rings. The van der Waals surface area contributed by atoms with Crippen LogP contribution in [0.3, 0.4) is 0 Å². The normalized spacial score (nSPS) is 11.4. The molecule has 146 valence electrons. The van der Waals surface area contributed by atoms with E-state index in [1.54, 1.807) is 0 Å². The largest absolute Gasteiger partial charge is 0.439 e. The maximum Gasteiger partial charge on any atom is 0.254 e. The molecule has 3 aromatic rings. The lowest BCUT2D eigenvalue weighted by molar-refractivity contribution is -0.158. The summed E-state index contributed by atoms with van der Waals surface area (Å²) in [5.41, 5.74) is 1.36. The van der Waals surface area contributed by atoms with E-state index in [9.17, 15) is 22.8 Å². The number of nitrogens with zero attached hydrogens (tertiary/aromatic N) is 2. The van der Waals surface area contributed by atoms with Crippen molar-refractivity contribution in [1.82, 2.24) is 10.0 Å². The second-order valence-electron chi connectivity index (χ2n) is 5.96. The number of nitrogens with two attached hydrogens (primary N) is 1. The highest BCUT2D eigenvalue weighted by Crippen LogP contribution is 2.33. The third-order valence-corrected chi connectivity index (χ3v) is 4.83. The second kappa shape index (κ2) is 7.50. The summed E-state index contributed by atoms with van der Waals surface area (Å²) in [7, 11) is -2.68. The van der Waals surface area contributed by atoms with Crippen LogP contribution in [-0.2, 0) is 21.2 Å². The Morgan fingerprint density at radius 3 is 2.25 bits per heavy atom. The minimum absolute atomic E-state index is 0.0377. The summed E-state index contributed by atoms with van der Waals surface area (Å²) in [6.07, 6.45) is -0.295. The van der Waals surface area contributed by atoms with Crippen LogP contribution >= 0.6 is 0 Å². The highest BCUT2D eigenvalue weighted by Gasteiger charge is 2.20. The molecule has 0 unspecified atom stereocenters. The Morgan fingerprint density at radius 2 is 1.71 bits per heavy atom. The number of amides is 1. The van der Waals surface area contributed by atoms with Crippen molar-refractivity contribution in [1.29, 1.82) is 0 Å². The number of carbonyl (C=O) groups is 1. The Kier molecular flexibility index (Phi) is 5.27. The van der Waals surface area contributed by atoms with Gasteiger partial charge >= 0.3 is 0 Å². The average molecular weight is 405 g/mol. The molecule has 0 aliphatic carbocycles. The van der Waals surface area contributed by atoms with E-state index < -0.39 is 21.7 Å². The molecule has 1 heterocycles. The lowest BCUT2D eigenvalue weighted by atomic mass is 10.1. The van der Waals surface area contributed by atoms with Crippen molar-refractivity contribution < 1.29 is 27.2 Å². The van der Waals surface area contributed by atoms with Gasteiger partial charge in [0.2, 0.25) is 15.9 Å². The van der Waals surface area contributed by atoms with Gasteiger partial charge in [0.05, 0.1) is 4.90 Å². The molecule has 0 fully saturated rings. The molecule has 3 N–H and O–H groups in total. The third kappa shape index (κ3) is 4.25. The van der Waals surface area contributed by atoms with Gasteiger partial charge in [-0.05, 0) is 48.5 Å². The molecule has 1 aromatic heterocycles. The van der Waals surface area contributed by atoms with E-state index in [1.165, 1.54) is 55.6 Å². The molecule has 0 saturated carbocycles. The van der Waals surface area contributed by atoms with Crippen LogP contribution in [0.5, 0.6) is 0 Å². The molecule has 0 aliphatic heterocycles. The third-order valence-electron chi connectivity index (χ3n) is 3.90. The number of halogens is 1. The van der Waals surface area contributed by atoms with Crippen molar-refractivity contribution in [2.75, 3.05) is 7.05 Å². The fraction of sp³-hybridized carbons (Fsp3) is 0.111. The maximum atomic E-state index is 13.3. The Balaban J connectivity index is 2.08. The predicted octanol–water partition coefficient (Wildman–Crippen LogP) is 2.19. The van der Waals surface area contributed by atoms with Crippen molar-refractivity contribution in [3.05, 3.63) is 60.2 Å². The molecule has 28 heavy (non-hydrogen) atoms. The van der Waals surface area contributed by atoms with E-state index in [4.69, 9.17) is 9.56 Å². The molecule has 3 rings (SSSR count). The van der Waals surface area contributed by atoms with Gasteiger partial charge in [-0.15, -0.1) is 0 Å². The molecule has 10 heteroatoms. The number of sulfonamides is 1. The van der Waals surface area contributed by atoms with Crippen LogP contribution in [0, 0.1) is 5.82 Å². The molecule has 0 saturated heterocycles. The molecule has 0 radical (unpaired) electrons. The molecule has 0 spiro atoms. The smallest absolute Gasteiger partial charge is 0.254 e. The van der Waals surface area contributed by atoms with Crippen LogP contribution in [0.2, 0.25) is 0 Å². The molecule has 2 aromatic carbocycles. The van der Waals surface area contributed by atoms with Crippen molar-refractivity contribution in [2.45, 2.75) is 11.3 Å². The molecule has 8 nitrogen and oxygen atoms in total. The van der Waals surface area contributed by atoms with Gasteiger partial charge < -0.3 is 4.42 Å². The van der Waals surface area contributed by atoms with Crippen molar-refractivity contribution in [2.24, 2.45) is 5.14 Å². The molecule has 0 bridgehead atoms. The topological polar surface area (TPSA) is 127 Å². The lowest BCUT2D eigenvalue weighted by Crippen LogP contribution is -2.24. The van der Waals surface area contributed by atoms with Crippen LogP contribution in [0.15, 0.2) is 57.8 Å². The number of carbonyl (C=O) groups excluding carboxylic acids is 1. The van der Waals surface area contributed by atoms with E-state index in [-0.39, 0.29) is 23.0 Å². The number of hydroxylamine groups is 2. The number of hydrogen-bond donors (Lipinski definition) is 2. The summed E-state index contributed by atoms with van der Waals surface area (Å²) in [4.78, 5) is 16.0. The summed E-state index contributed by atoms with van der Waals surface area (Å²) >= 11 is 0. The summed E-state index contributed by atoms with van der Waals surface area (Å²) < 4.78 is 41.8. The summed E-state index contributed by atoms with van der Waals surface area (Å²) in [5.74, 6) is -0.765. The zero-order valence-electron chi connectivity index (χ0n) is 14.7. The highest BCUT2D eigenvalue weighted by atomic mass is 32.2. The van der Waals surface area contributed by atoms with Crippen molar-refractivity contribution in [3.8, 4) is 22.6 Å². The van der Waals surface area contributed by atoms with E-state index in [2.05, 4.69) is 4.98 Å². The number of aromatic nitrogens is 1. The van der Waals surface area contributed by atoms with Gasteiger partial charge in [-0.2, -0.15) is 0 Å². The number of benzene rings is 2. The van der Waals surface area contributed by atoms with Gasteiger partial charge in [0.15, 0.2) is 5.76 Å². The molecular weight excluding hydrogens is 389 g/mol. The van der Waals surface area contributed by atoms with Gasteiger partial charge in [-0.25, -0.2) is 28.0 Å². The SMILES string of the molecule is CN(O)C(=O)Cc1nc(-c2ccc(F)cc2)c(-c2ccc(S(N)(=O)=O)cc2)o1. The fourth-order valence-electron chi connectivity index (χ4n) is 2.48. The zero-order chi connectivity index (χ0) is 20.5. The minimum atomic E-state index is -3.85. The van der Waals surface area contributed by atoms with E-state index in [0.29, 0.717) is 21.9 Å². The average Bonchev–Trinajstić information content (AvgIpc) is 3.05. The van der Waals surface area contributed by atoms with Gasteiger partial charge in [0.25, 0.3) is 5.91 Å². The lowest BCUT2D eigenvalue weighted by Gasteiger charge is -2.05. The first kappa shape index (κ1) is 19.7. The Hall–Kier alpha value is -3.08. The Morgan fingerprint density at radius 1 is 1.14 bits per heavy atom. The van der Waals surface area contributed by atoms with E-state index in [1.807, 2.05) is 0 Å². The van der Waals surface area contributed by atoms with Crippen molar-refractivity contribution >= 4 is 15.9 Å². The Bertz CT molecular complexity index is 1110. The summed E-state index contributed by atoms with van der Waals surface area (Å²) in [6, 6.07) is 11.1. The minimum Gasteiger partial charge on any atom is -0.439 e. The highest BCUT2D eigenvalue weighted by molar-refractivity contribution is 7.89. The molecule has 1 amide bonds. The maximum absolute atomic E-state index is 13.3. The molecule has 0 atom stereocenters. The number of hydrogen-bond acceptors (Lipinski definition) is 6. The van der Waals surface area contributed by atoms with E-state index >= 15 is 0 Å². The van der Waals surface area contributed by atoms with Crippen LogP contribution in [0.4, 0.5) is 4.39 Å². The van der Waals surface area contributed by atoms with Crippen LogP contribution in [0.1, 0.15) is 5.89 Å².